The molecule has 0 aliphatic carbocycles. The molecule has 3 rings (SSSR count). The summed E-state index contributed by atoms with van der Waals surface area (Å²) >= 11 is 6.91. The Labute approximate surface area is 170 Å². The number of hydrogen-bond acceptors (Lipinski definition) is 5. The second-order valence-electron chi connectivity index (χ2n) is 5.86. The first-order valence-electron chi connectivity index (χ1n) is 8.43. The zero-order valence-electron chi connectivity index (χ0n) is 14.8. The molecule has 2 aromatic carbocycles. The van der Waals surface area contributed by atoms with Crippen molar-refractivity contribution in [1.29, 1.82) is 0 Å². The summed E-state index contributed by atoms with van der Waals surface area (Å²) in [4.78, 5) is 37.7. The SMILES string of the molecule is CCC(Oc1ccccc1/C=C1/SC(=O)N(c2ccccc2Cl)C1=O)C(=O)O. The number of aliphatic carboxylic acids is 1. The number of amides is 2. The second-order valence-corrected chi connectivity index (χ2v) is 7.26. The maximum Gasteiger partial charge on any atom is 0.344 e. The van der Waals surface area contributed by atoms with Crippen molar-refractivity contribution in [2.24, 2.45) is 0 Å². The van der Waals surface area contributed by atoms with Crippen LogP contribution in [-0.2, 0) is 9.59 Å². The van der Waals surface area contributed by atoms with Crippen LogP contribution in [0.15, 0.2) is 53.4 Å². The van der Waals surface area contributed by atoms with Gasteiger partial charge in [-0.15, -0.1) is 0 Å². The fourth-order valence-electron chi connectivity index (χ4n) is 2.62. The quantitative estimate of drug-likeness (QED) is 0.678. The van der Waals surface area contributed by atoms with Gasteiger partial charge in [0.25, 0.3) is 11.1 Å². The number of halogens is 1. The summed E-state index contributed by atoms with van der Waals surface area (Å²) < 4.78 is 5.57. The molecule has 0 radical (unpaired) electrons. The average molecular weight is 418 g/mol. The number of carboxylic acid groups (broad SMARTS) is 1. The van der Waals surface area contributed by atoms with Gasteiger partial charge >= 0.3 is 5.97 Å². The lowest BCUT2D eigenvalue weighted by Gasteiger charge is -2.15. The molecule has 1 unspecified atom stereocenters. The van der Waals surface area contributed by atoms with Crippen molar-refractivity contribution < 1.29 is 24.2 Å². The Kier molecular flexibility index (Phi) is 6.06. The summed E-state index contributed by atoms with van der Waals surface area (Å²) in [5, 5.41) is 9.05. The fourth-order valence-corrected chi connectivity index (χ4v) is 3.66. The Bertz CT molecular complexity index is 975. The first-order valence-corrected chi connectivity index (χ1v) is 9.62. The van der Waals surface area contributed by atoms with Crippen molar-refractivity contribution in [3.05, 3.63) is 64.0 Å². The standard InChI is InChI=1S/C20H16ClNO5S/c1-2-15(19(24)25)27-16-10-6-3-7-12(16)11-17-18(23)22(20(26)28-17)14-9-5-4-8-13(14)21/h3-11,15H,2H2,1H3,(H,24,25)/b17-11+. The molecule has 28 heavy (non-hydrogen) atoms. The van der Waals surface area contributed by atoms with E-state index in [4.69, 9.17) is 16.3 Å². The van der Waals surface area contributed by atoms with E-state index in [9.17, 15) is 19.5 Å². The third-order valence-electron chi connectivity index (χ3n) is 4.01. The van der Waals surface area contributed by atoms with Crippen LogP contribution in [0.1, 0.15) is 18.9 Å². The Morgan fingerprint density at radius 1 is 1.21 bits per heavy atom. The van der Waals surface area contributed by atoms with Crippen LogP contribution in [0, 0.1) is 0 Å². The van der Waals surface area contributed by atoms with E-state index in [-0.39, 0.29) is 11.3 Å². The molecule has 1 saturated heterocycles. The molecule has 0 bridgehead atoms. The first kappa shape index (κ1) is 20.0. The third kappa shape index (κ3) is 4.05. The van der Waals surface area contributed by atoms with Gasteiger partial charge in [-0.25, -0.2) is 9.69 Å². The average Bonchev–Trinajstić information content (AvgIpc) is 2.94. The normalized spacial score (nSPS) is 16.5. The van der Waals surface area contributed by atoms with Crippen molar-refractivity contribution in [2.45, 2.75) is 19.4 Å². The lowest BCUT2D eigenvalue weighted by atomic mass is 10.1. The van der Waals surface area contributed by atoms with Crippen molar-refractivity contribution in [1.82, 2.24) is 0 Å². The van der Waals surface area contributed by atoms with E-state index in [0.717, 1.165) is 16.7 Å². The highest BCUT2D eigenvalue weighted by Gasteiger charge is 2.37. The third-order valence-corrected chi connectivity index (χ3v) is 5.20. The minimum absolute atomic E-state index is 0.198. The summed E-state index contributed by atoms with van der Waals surface area (Å²) in [5.41, 5.74) is 0.823. The molecule has 1 N–H and O–H groups in total. The number of carbonyl (C=O) groups excluding carboxylic acids is 2. The highest BCUT2D eigenvalue weighted by molar-refractivity contribution is 8.19. The maximum atomic E-state index is 12.8. The van der Waals surface area contributed by atoms with Gasteiger partial charge in [0.15, 0.2) is 6.10 Å². The lowest BCUT2D eigenvalue weighted by Crippen LogP contribution is -2.28. The van der Waals surface area contributed by atoms with E-state index >= 15 is 0 Å². The molecule has 1 atom stereocenters. The Balaban J connectivity index is 1.93. The van der Waals surface area contributed by atoms with Gasteiger partial charge < -0.3 is 9.84 Å². The molecule has 2 amide bonds. The number of nitrogens with zero attached hydrogens (tertiary/aromatic N) is 1. The zero-order valence-corrected chi connectivity index (χ0v) is 16.4. The van der Waals surface area contributed by atoms with Gasteiger partial charge in [-0.3, -0.25) is 9.59 Å². The topological polar surface area (TPSA) is 83.9 Å². The number of imide groups is 1. The van der Waals surface area contributed by atoms with Crippen LogP contribution < -0.4 is 9.64 Å². The number of ether oxygens (including phenoxy) is 1. The molecule has 144 valence electrons. The largest absolute Gasteiger partial charge is 0.479 e. The summed E-state index contributed by atoms with van der Waals surface area (Å²) in [6, 6.07) is 13.3. The number of carbonyl (C=O) groups is 3. The maximum absolute atomic E-state index is 12.8. The second kappa shape index (κ2) is 8.50. The minimum Gasteiger partial charge on any atom is -0.479 e. The molecular formula is C20H16ClNO5S. The van der Waals surface area contributed by atoms with E-state index in [1.54, 1.807) is 55.5 Å². The van der Waals surface area contributed by atoms with Crippen molar-refractivity contribution in [3.8, 4) is 5.75 Å². The number of hydrogen-bond donors (Lipinski definition) is 1. The van der Waals surface area contributed by atoms with Gasteiger partial charge in [-0.1, -0.05) is 48.9 Å². The van der Waals surface area contributed by atoms with Gasteiger partial charge in [0.05, 0.1) is 15.6 Å². The van der Waals surface area contributed by atoms with Gasteiger partial charge in [0.1, 0.15) is 5.75 Å². The van der Waals surface area contributed by atoms with Crippen LogP contribution in [0.2, 0.25) is 5.02 Å². The van der Waals surface area contributed by atoms with Crippen LogP contribution in [0.25, 0.3) is 6.08 Å². The molecule has 1 aliphatic rings. The van der Waals surface area contributed by atoms with Crippen molar-refractivity contribution >= 4 is 52.2 Å². The number of para-hydroxylation sites is 2. The van der Waals surface area contributed by atoms with Crippen LogP contribution >= 0.6 is 23.4 Å². The predicted octanol–water partition coefficient (Wildman–Crippen LogP) is 4.82. The molecular weight excluding hydrogens is 402 g/mol. The molecule has 1 aliphatic heterocycles. The number of thioether (sulfide) groups is 1. The van der Waals surface area contributed by atoms with Gasteiger partial charge in [-0.05, 0) is 42.5 Å². The fraction of sp³-hybridized carbons (Fsp3) is 0.150. The van der Waals surface area contributed by atoms with Gasteiger partial charge in [-0.2, -0.15) is 0 Å². The molecule has 1 fully saturated rings. The summed E-state index contributed by atoms with van der Waals surface area (Å²) in [5.74, 6) is -1.25. The number of anilines is 1. The first-order chi connectivity index (χ1) is 13.4. The number of benzene rings is 2. The molecule has 6 nitrogen and oxygen atoms in total. The predicted molar refractivity (Wildman–Crippen MR) is 109 cm³/mol. The van der Waals surface area contributed by atoms with Gasteiger partial charge in [0, 0.05) is 5.56 Å². The highest BCUT2D eigenvalue weighted by atomic mass is 35.5. The summed E-state index contributed by atoms with van der Waals surface area (Å²) in [7, 11) is 0. The van der Waals surface area contributed by atoms with Crippen LogP contribution in [0.4, 0.5) is 10.5 Å². The van der Waals surface area contributed by atoms with Crippen LogP contribution in [-0.4, -0.2) is 28.3 Å². The number of carboxylic acids is 1. The molecule has 0 spiro atoms. The van der Waals surface area contributed by atoms with E-state index in [1.165, 1.54) is 6.08 Å². The van der Waals surface area contributed by atoms with E-state index in [0.29, 0.717) is 22.0 Å². The van der Waals surface area contributed by atoms with Crippen LogP contribution in [0.3, 0.4) is 0 Å². The van der Waals surface area contributed by atoms with Gasteiger partial charge in [0.2, 0.25) is 0 Å². The van der Waals surface area contributed by atoms with E-state index < -0.39 is 23.2 Å². The lowest BCUT2D eigenvalue weighted by molar-refractivity contribution is -0.145. The highest BCUT2D eigenvalue weighted by Crippen LogP contribution is 2.39. The van der Waals surface area contributed by atoms with Crippen molar-refractivity contribution in [3.63, 3.8) is 0 Å². The molecule has 0 aromatic heterocycles. The van der Waals surface area contributed by atoms with Crippen molar-refractivity contribution in [2.75, 3.05) is 4.90 Å². The van der Waals surface area contributed by atoms with Crippen LogP contribution in [0.5, 0.6) is 5.75 Å². The Morgan fingerprint density at radius 2 is 1.89 bits per heavy atom. The smallest absolute Gasteiger partial charge is 0.344 e. The Hall–Kier alpha value is -2.77. The Morgan fingerprint density at radius 3 is 2.57 bits per heavy atom. The summed E-state index contributed by atoms with van der Waals surface area (Å²) in [6.45, 7) is 1.70. The van der Waals surface area contributed by atoms with E-state index in [2.05, 4.69) is 0 Å². The monoisotopic (exact) mass is 417 g/mol. The molecule has 0 saturated carbocycles. The minimum atomic E-state index is -1.07. The molecule has 8 heteroatoms. The zero-order chi connectivity index (χ0) is 20.3. The number of rotatable bonds is 6. The molecule has 1 heterocycles. The molecule has 2 aromatic rings. The summed E-state index contributed by atoms with van der Waals surface area (Å²) in [6.07, 6.45) is 0.797. The van der Waals surface area contributed by atoms with E-state index in [1.807, 2.05) is 0 Å².